The summed E-state index contributed by atoms with van der Waals surface area (Å²) in [5.74, 6) is -1.61. The first kappa shape index (κ1) is 26.9. The third-order valence-electron chi connectivity index (χ3n) is 7.35. The summed E-state index contributed by atoms with van der Waals surface area (Å²) < 4.78 is 11.5. The Kier molecular flexibility index (Phi) is 7.71. The maximum Gasteiger partial charge on any atom is 0.339 e. The minimum absolute atomic E-state index is 0.0394. The summed E-state index contributed by atoms with van der Waals surface area (Å²) in [5, 5.41) is 16.6. The van der Waals surface area contributed by atoms with Gasteiger partial charge in [-0.2, -0.15) is 0 Å². The summed E-state index contributed by atoms with van der Waals surface area (Å²) in [6.07, 6.45) is 6.50. The van der Waals surface area contributed by atoms with E-state index in [9.17, 15) is 19.5 Å². The molecule has 2 amide bonds. The minimum Gasteiger partial charge on any atom is -0.453 e. The Morgan fingerprint density at radius 1 is 1.33 bits per heavy atom. The number of nitrogens with zero attached hydrogens (tertiary/aromatic N) is 1. The summed E-state index contributed by atoms with van der Waals surface area (Å²) in [6, 6.07) is 3.71. The molecule has 1 aliphatic carbocycles. The molecule has 1 aromatic heterocycles. The van der Waals surface area contributed by atoms with Crippen LogP contribution in [0.15, 0.2) is 41.1 Å². The highest BCUT2D eigenvalue weighted by atomic mass is 32.2. The number of rotatable bonds is 9. The van der Waals surface area contributed by atoms with Crippen LogP contribution in [-0.4, -0.2) is 63.7 Å². The molecule has 196 valence electrons. The number of β-lactam (4-membered cyclic amide) rings is 1. The fourth-order valence-electron chi connectivity index (χ4n) is 5.25. The maximum absolute atomic E-state index is 13.8. The van der Waals surface area contributed by atoms with E-state index < -0.39 is 40.7 Å². The van der Waals surface area contributed by atoms with Crippen LogP contribution in [0.5, 0.6) is 0 Å². The third-order valence-corrected chi connectivity index (χ3v) is 9.42. The van der Waals surface area contributed by atoms with Crippen LogP contribution in [0.3, 0.4) is 0 Å². The molecule has 2 N–H and O–H groups in total. The Bertz CT molecular complexity index is 1050. The Morgan fingerprint density at radius 3 is 2.64 bits per heavy atom. The van der Waals surface area contributed by atoms with E-state index in [2.05, 4.69) is 11.9 Å². The summed E-state index contributed by atoms with van der Waals surface area (Å²) >= 11 is 2.78. The highest BCUT2D eigenvalue weighted by molar-refractivity contribution is 8.03. The topological polar surface area (TPSA) is 105 Å². The van der Waals surface area contributed by atoms with Crippen LogP contribution in [0, 0.1) is 5.92 Å². The molecule has 3 aliphatic rings. The third kappa shape index (κ3) is 4.42. The number of carbonyl (C=O) groups is 3. The van der Waals surface area contributed by atoms with Crippen LogP contribution in [0.25, 0.3) is 0 Å². The predicted octanol–water partition coefficient (Wildman–Crippen LogP) is 3.37. The number of thiophene rings is 1. The van der Waals surface area contributed by atoms with E-state index in [0.717, 1.165) is 37.0 Å². The molecule has 3 heterocycles. The number of fused-ring (bicyclic) bond motifs is 1. The van der Waals surface area contributed by atoms with Gasteiger partial charge in [-0.05, 0) is 61.1 Å². The van der Waals surface area contributed by atoms with Crippen LogP contribution in [0.4, 0.5) is 0 Å². The number of ether oxygens (including phenoxy) is 2. The van der Waals surface area contributed by atoms with Crippen molar-refractivity contribution in [3.8, 4) is 0 Å². The molecule has 8 nitrogen and oxygen atoms in total. The molecule has 0 bridgehead atoms. The van der Waals surface area contributed by atoms with Crippen LogP contribution in [0.1, 0.15) is 50.8 Å². The second kappa shape index (κ2) is 10.3. The SMILES string of the molecule is C=CC(C)(C)OC(=O)C1(CO)C(C2CCCCC2)=CS[C@@H]2N1C(=O)C2(NC(=O)Cc1cccs1)OC. The van der Waals surface area contributed by atoms with Crippen molar-refractivity contribution in [2.75, 3.05) is 13.7 Å². The quantitative estimate of drug-likeness (QED) is 0.217. The van der Waals surface area contributed by atoms with Crippen LogP contribution in [-0.2, 0) is 30.3 Å². The first-order valence-electron chi connectivity index (χ1n) is 12.2. The first-order valence-corrected chi connectivity index (χ1v) is 14.0. The van der Waals surface area contributed by atoms with Gasteiger partial charge in [-0.15, -0.1) is 23.1 Å². The molecule has 1 saturated carbocycles. The highest BCUT2D eigenvalue weighted by Gasteiger charge is 2.73. The lowest BCUT2D eigenvalue weighted by atomic mass is 9.72. The molecular formula is C26H34N2O6S2. The molecule has 3 atom stereocenters. The van der Waals surface area contributed by atoms with E-state index >= 15 is 0 Å². The monoisotopic (exact) mass is 534 g/mol. The average molecular weight is 535 g/mol. The van der Waals surface area contributed by atoms with Crippen molar-refractivity contribution < 1.29 is 29.0 Å². The van der Waals surface area contributed by atoms with Gasteiger partial charge in [0.05, 0.1) is 13.0 Å². The van der Waals surface area contributed by atoms with E-state index in [1.165, 1.54) is 41.2 Å². The van der Waals surface area contributed by atoms with Gasteiger partial charge in [-0.1, -0.05) is 31.9 Å². The highest BCUT2D eigenvalue weighted by Crippen LogP contribution is 2.54. The van der Waals surface area contributed by atoms with Crippen LogP contribution >= 0.6 is 23.1 Å². The zero-order valence-corrected chi connectivity index (χ0v) is 22.6. The van der Waals surface area contributed by atoms with Crippen molar-refractivity contribution in [3.05, 3.63) is 46.0 Å². The number of methoxy groups -OCH3 is 1. The number of esters is 1. The maximum atomic E-state index is 13.8. The first-order chi connectivity index (χ1) is 17.1. The van der Waals surface area contributed by atoms with Gasteiger partial charge < -0.3 is 19.9 Å². The molecule has 0 aromatic carbocycles. The molecule has 1 saturated heterocycles. The molecule has 2 unspecified atom stereocenters. The fraction of sp³-hybridized carbons (Fsp3) is 0.577. The summed E-state index contributed by atoms with van der Waals surface area (Å²) in [6.45, 7) is 6.51. The smallest absolute Gasteiger partial charge is 0.339 e. The van der Waals surface area contributed by atoms with Crippen molar-refractivity contribution in [1.82, 2.24) is 10.2 Å². The summed E-state index contributed by atoms with van der Waals surface area (Å²) in [4.78, 5) is 42.8. The van der Waals surface area contributed by atoms with E-state index in [1.807, 2.05) is 22.9 Å². The van der Waals surface area contributed by atoms with Crippen LogP contribution < -0.4 is 5.32 Å². The number of hydrogen-bond donors (Lipinski definition) is 2. The van der Waals surface area contributed by atoms with Gasteiger partial charge >= 0.3 is 5.97 Å². The number of thioether (sulfide) groups is 1. The van der Waals surface area contributed by atoms with E-state index in [1.54, 1.807) is 13.8 Å². The number of aliphatic hydroxyl groups is 1. The van der Waals surface area contributed by atoms with Crippen molar-refractivity contribution in [3.63, 3.8) is 0 Å². The standard InChI is InChI=1S/C26H34N2O6S2/c1-5-24(2,3)34-23(32)25(16-29)19(17-10-7-6-8-11-17)15-36-22-26(33-4,21(31)28(22)25)27-20(30)14-18-12-9-13-35-18/h5,9,12-13,15,17,22,29H,1,6-8,10-11,14,16H2,2-4H3,(H,27,30)/t22-,25?,26?/m0/s1. The van der Waals surface area contributed by atoms with E-state index in [4.69, 9.17) is 9.47 Å². The second-order valence-corrected chi connectivity index (χ2v) is 12.0. The Morgan fingerprint density at radius 2 is 2.06 bits per heavy atom. The van der Waals surface area contributed by atoms with Gasteiger partial charge in [-0.25, -0.2) is 4.79 Å². The number of carbonyl (C=O) groups excluding carboxylic acids is 3. The Hall–Kier alpha value is -2.14. The molecule has 2 fully saturated rings. The zero-order valence-electron chi connectivity index (χ0n) is 21.0. The Labute approximate surface area is 220 Å². The zero-order chi connectivity index (χ0) is 26.1. The molecule has 36 heavy (non-hydrogen) atoms. The molecule has 4 rings (SSSR count). The Balaban J connectivity index is 1.71. The second-order valence-electron chi connectivity index (χ2n) is 10.0. The van der Waals surface area contributed by atoms with Crippen molar-refractivity contribution in [2.45, 2.75) is 74.6 Å². The normalized spacial score (nSPS) is 28.6. The summed E-state index contributed by atoms with van der Waals surface area (Å²) in [7, 11) is 1.36. The van der Waals surface area contributed by atoms with Crippen molar-refractivity contribution in [2.24, 2.45) is 5.92 Å². The number of hydrogen-bond acceptors (Lipinski definition) is 8. The largest absolute Gasteiger partial charge is 0.453 e. The number of aliphatic hydroxyl groups excluding tert-OH is 1. The van der Waals surface area contributed by atoms with Gasteiger partial charge in [0.2, 0.25) is 5.91 Å². The van der Waals surface area contributed by atoms with E-state index in [0.29, 0.717) is 5.57 Å². The molecule has 2 aliphatic heterocycles. The van der Waals surface area contributed by atoms with Gasteiger partial charge in [0.25, 0.3) is 11.6 Å². The van der Waals surface area contributed by atoms with Crippen LogP contribution in [0.2, 0.25) is 0 Å². The lowest BCUT2D eigenvalue weighted by molar-refractivity contribution is -0.216. The van der Waals surface area contributed by atoms with Gasteiger partial charge in [0.1, 0.15) is 11.0 Å². The number of amides is 2. The molecule has 0 radical (unpaired) electrons. The van der Waals surface area contributed by atoms with Crippen molar-refractivity contribution >= 4 is 40.9 Å². The molecular weight excluding hydrogens is 500 g/mol. The van der Waals surface area contributed by atoms with Gasteiger partial charge in [-0.3, -0.25) is 14.5 Å². The number of nitrogens with one attached hydrogen (secondary N) is 1. The minimum atomic E-state index is -1.70. The lowest BCUT2D eigenvalue weighted by Gasteiger charge is -2.62. The molecule has 10 heteroatoms. The lowest BCUT2D eigenvalue weighted by Crippen LogP contribution is -2.87. The predicted molar refractivity (Wildman–Crippen MR) is 139 cm³/mol. The molecule has 0 spiro atoms. The summed E-state index contributed by atoms with van der Waals surface area (Å²) in [5.41, 5.74) is -3.66. The van der Waals surface area contributed by atoms with Gasteiger partial charge in [0, 0.05) is 12.0 Å². The fourth-order valence-corrected chi connectivity index (χ4v) is 7.46. The van der Waals surface area contributed by atoms with Gasteiger partial charge in [0.15, 0.2) is 5.54 Å². The molecule has 1 aromatic rings. The van der Waals surface area contributed by atoms with E-state index in [-0.39, 0.29) is 18.2 Å². The van der Waals surface area contributed by atoms with Crippen molar-refractivity contribution in [1.29, 1.82) is 0 Å². The average Bonchev–Trinajstić information content (AvgIpc) is 3.39.